The Balaban J connectivity index is 2.20. The van der Waals surface area contributed by atoms with Gasteiger partial charge in [-0.05, 0) is 18.2 Å². The number of hydrogen-bond acceptors (Lipinski definition) is 4. The number of hydrogen-bond donors (Lipinski definition) is 3. The molecule has 1 aromatic carbocycles. The van der Waals surface area contributed by atoms with Gasteiger partial charge in [-0.3, -0.25) is 4.79 Å². The van der Waals surface area contributed by atoms with Gasteiger partial charge in [0.15, 0.2) is 0 Å². The molecule has 1 fully saturated rings. The lowest BCUT2D eigenvalue weighted by Gasteiger charge is -2.16. The van der Waals surface area contributed by atoms with Crippen molar-refractivity contribution < 1.29 is 20.1 Å². The first-order valence-corrected chi connectivity index (χ1v) is 5.92. The van der Waals surface area contributed by atoms with E-state index in [2.05, 4.69) is 15.9 Å². The molecule has 0 radical (unpaired) electrons. The quantitative estimate of drug-likeness (QED) is 0.698. The minimum atomic E-state index is -0.920. The number of β-amino-alcohol motifs (C(OH)–C–C–N with tert-alkyl or cyclic N) is 2. The summed E-state index contributed by atoms with van der Waals surface area (Å²) in [5.41, 5.74) is 0.162. The van der Waals surface area contributed by atoms with E-state index in [1.165, 1.54) is 17.0 Å². The van der Waals surface area contributed by atoms with Crippen LogP contribution in [0, 0.1) is 0 Å². The van der Waals surface area contributed by atoms with E-state index in [1.807, 2.05) is 0 Å². The van der Waals surface area contributed by atoms with Crippen LogP contribution in [0.25, 0.3) is 0 Å². The highest BCUT2D eigenvalue weighted by molar-refractivity contribution is 9.10. The Hall–Kier alpha value is -1.11. The smallest absolute Gasteiger partial charge is 0.257 e. The molecule has 1 heterocycles. The van der Waals surface area contributed by atoms with Crippen molar-refractivity contribution in [3.05, 3.63) is 28.2 Å². The fourth-order valence-corrected chi connectivity index (χ4v) is 2.14. The number of aliphatic hydroxyl groups is 2. The number of nitrogens with zero attached hydrogens (tertiary/aromatic N) is 1. The van der Waals surface area contributed by atoms with Gasteiger partial charge < -0.3 is 20.2 Å². The lowest BCUT2D eigenvalue weighted by molar-refractivity contribution is 0.0572. The summed E-state index contributed by atoms with van der Waals surface area (Å²) >= 11 is 3.18. The zero-order chi connectivity index (χ0) is 12.6. The molecule has 0 spiro atoms. The van der Waals surface area contributed by atoms with Gasteiger partial charge in [-0.15, -0.1) is 0 Å². The van der Waals surface area contributed by atoms with Crippen molar-refractivity contribution >= 4 is 21.8 Å². The molecule has 3 N–H and O–H groups in total. The monoisotopic (exact) mass is 301 g/mol. The molecule has 1 aliphatic heterocycles. The largest absolute Gasteiger partial charge is 0.507 e. The maximum absolute atomic E-state index is 12.0. The van der Waals surface area contributed by atoms with Crippen molar-refractivity contribution in [2.45, 2.75) is 12.2 Å². The Morgan fingerprint density at radius 1 is 1.29 bits per heavy atom. The summed E-state index contributed by atoms with van der Waals surface area (Å²) < 4.78 is 0.674. The maximum atomic E-state index is 12.0. The van der Waals surface area contributed by atoms with Gasteiger partial charge in [-0.2, -0.15) is 0 Å². The van der Waals surface area contributed by atoms with Crippen LogP contribution in [-0.4, -0.2) is 51.4 Å². The number of carbonyl (C=O) groups excluding carboxylic acids is 1. The van der Waals surface area contributed by atoms with Crippen molar-refractivity contribution in [3.8, 4) is 5.75 Å². The number of aliphatic hydroxyl groups excluding tert-OH is 2. The molecule has 1 aliphatic rings. The Morgan fingerprint density at radius 2 is 1.88 bits per heavy atom. The van der Waals surface area contributed by atoms with Crippen LogP contribution in [-0.2, 0) is 0 Å². The van der Waals surface area contributed by atoms with Crippen LogP contribution < -0.4 is 0 Å². The van der Waals surface area contributed by atoms with Crippen LogP contribution >= 0.6 is 15.9 Å². The topological polar surface area (TPSA) is 81.0 Å². The lowest BCUT2D eigenvalue weighted by Crippen LogP contribution is -2.29. The molecule has 2 unspecified atom stereocenters. The van der Waals surface area contributed by atoms with Gasteiger partial charge >= 0.3 is 0 Å². The summed E-state index contributed by atoms with van der Waals surface area (Å²) in [4.78, 5) is 13.3. The van der Waals surface area contributed by atoms with E-state index in [9.17, 15) is 20.1 Å². The molecule has 1 amide bonds. The van der Waals surface area contributed by atoms with Gasteiger partial charge in [-0.1, -0.05) is 15.9 Å². The molecule has 0 saturated carbocycles. The molecule has 5 nitrogen and oxygen atoms in total. The summed E-state index contributed by atoms with van der Waals surface area (Å²) in [6.07, 6.45) is -1.84. The van der Waals surface area contributed by atoms with E-state index in [0.717, 1.165) is 0 Å². The zero-order valence-corrected chi connectivity index (χ0v) is 10.5. The van der Waals surface area contributed by atoms with E-state index in [4.69, 9.17) is 0 Å². The fraction of sp³-hybridized carbons (Fsp3) is 0.364. The van der Waals surface area contributed by atoms with E-state index in [-0.39, 0.29) is 24.4 Å². The Morgan fingerprint density at radius 3 is 2.41 bits per heavy atom. The second-order valence-electron chi connectivity index (χ2n) is 4.01. The van der Waals surface area contributed by atoms with Crippen LogP contribution in [0.5, 0.6) is 5.75 Å². The van der Waals surface area contributed by atoms with Crippen LogP contribution in [0.2, 0.25) is 0 Å². The summed E-state index contributed by atoms with van der Waals surface area (Å²) in [5, 5.41) is 28.4. The van der Waals surface area contributed by atoms with Gasteiger partial charge in [0.05, 0.1) is 17.8 Å². The van der Waals surface area contributed by atoms with Crippen molar-refractivity contribution in [2.24, 2.45) is 0 Å². The van der Waals surface area contributed by atoms with Crippen LogP contribution in [0.1, 0.15) is 10.4 Å². The van der Waals surface area contributed by atoms with Gasteiger partial charge in [0.25, 0.3) is 5.91 Å². The van der Waals surface area contributed by atoms with Gasteiger partial charge in [-0.25, -0.2) is 0 Å². The molecule has 2 atom stereocenters. The van der Waals surface area contributed by atoms with Crippen LogP contribution in [0.4, 0.5) is 0 Å². The summed E-state index contributed by atoms with van der Waals surface area (Å²) in [7, 11) is 0. The Labute approximate surface area is 106 Å². The number of phenolic OH excluding ortho intramolecular Hbond substituents is 1. The highest BCUT2D eigenvalue weighted by Crippen LogP contribution is 2.25. The minimum Gasteiger partial charge on any atom is -0.507 e. The molecule has 1 saturated heterocycles. The SMILES string of the molecule is O=C(c1ccc(Br)cc1O)N1CC(O)C(O)C1. The van der Waals surface area contributed by atoms with Crippen molar-refractivity contribution in [3.63, 3.8) is 0 Å². The number of carbonyl (C=O) groups is 1. The van der Waals surface area contributed by atoms with E-state index < -0.39 is 18.1 Å². The van der Waals surface area contributed by atoms with E-state index in [0.29, 0.717) is 4.47 Å². The van der Waals surface area contributed by atoms with Crippen LogP contribution in [0.15, 0.2) is 22.7 Å². The minimum absolute atomic E-state index is 0.0789. The molecule has 92 valence electrons. The van der Waals surface area contributed by atoms with Crippen molar-refractivity contribution in [2.75, 3.05) is 13.1 Å². The zero-order valence-electron chi connectivity index (χ0n) is 8.88. The molecule has 0 aliphatic carbocycles. The third-order valence-corrected chi connectivity index (χ3v) is 3.23. The number of rotatable bonds is 1. The maximum Gasteiger partial charge on any atom is 0.257 e. The average Bonchev–Trinajstić information content (AvgIpc) is 2.58. The number of benzene rings is 1. The summed E-state index contributed by atoms with van der Waals surface area (Å²) in [6, 6.07) is 4.57. The third-order valence-electron chi connectivity index (χ3n) is 2.74. The first-order chi connectivity index (χ1) is 7.99. The molecule has 1 aromatic rings. The lowest BCUT2D eigenvalue weighted by atomic mass is 10.2. The van der Waals surface area contributed by atoms with E-state index in [1.54, 1.807) is 6.07 Å². The second kappa shape index (κ2) is 4.64. The highest BCUT2D eigenvalue weighted by atomic mass is 79.9. The molecule has 2 rings (SSSR count). The fourth-order valence-electron chi connectivity index (χ4n) is 1.79. The average molecular weight is 302 g/mol. The molecule has 17 heavy (non-hydrogen) atoms. The Bertz CT molecular complexity index is 441. The molecular formula is C11H12BrNO4. The Kier molecular flexibility index (Phi) is 3.37. The second-order valence-corrected chi connectivity index (χ2v) is 4.92. The van der Waals surface area contributed by atoms with Crippen LogP contribution in [0.3, 0.4) is 0 Å². The predicted molar refractivity (Wildman–Crippen MR) is 63.7 cm³/mol. The van der Waals surface area contributed by atoms with Gasteiger partial charge in [0.1, 0.15) is 5.75 Å². The number of amides is 1. The van der Waals surface area contributed by atoms with Crippen molar-refractivity contribution in [1.29, 1.82) is 0 Å². The van der Waals surface area contributed by atoms with E-state index >= 15 is 0 Å². The normalized spacial score (nSPS) is 24.1. The summed E-state index contributed by atoms with van der Waals surface area (Å²) in [5.74, 6) is -0.522. The molecule has 6 heteroatoms. The van der Waals surface area contributed by atoms with Gasteiger partial charge in [0, 0.05) is 17.6 Å². The standard InChI is InChI=1S/C11H12BrNO4/c12-6-1-2-7(8(14)3-6)11(17)13-4-9(15)10(16)5-13/h1-3,9-10,14-16H,4-5H2. The molecule has 0 bridgehead atoms. The van der Waals surface area contributed by atoms with Gasteiger partial charge in [0.2, 0.25) is 0 Å². The first-order valence-electron chi connectivity index (χ1n) is 5.13. The summed E-state index contributed by atoms with van der Waals surface area (Å²) in [6.45, 7) is 0.158. The molecule has 0 aromatic heterocycles. The number of halogens is 1. The predicted octanol–water partition coefficient (Wildman–Crippen LogP) is 0.332. The number of aromatic hydroxyl groups is 1. The number of phenols is 1. The highest BCUT2D eigenvalue weighted by Gasteiger charge is 2.33. The third kappa shape index (κ3) is 2.43. The molecular weight excluding hydrogens is 290 g/mol. The van der Waals surface area contributed by atoms with Crippen molar-refractivity contribution in [1.82, 2.24) is 4.90 Å². The number of likely N-dealkylation sites (tertiary alicyclic amines) is 1. The first kappa shape index (κ1) is 12.3.